The molecule has 0 aliphatic carbocycles. The van der Waals surface area contributed by atoms with E-state index in [4.69, 9.17) is 17.3 Å². The molecule has 4 nitrogen and oxygen atoms in total. The van der Waals surface area contributed by atoms with Crippen molar-refractivity contribution >= 4 is 11.6 Å². The van der Waals surface area contributed by atoms with E-state index in [0.717, 1.165) is 4.68 Å². The maximum Gasteiger partial charge on any atom is 0.434 e. The van der Waals surface area contributed by atoms with Crippen molar-refractivity contribution in [3.8, 4) is 0 Å². The molecule has 0 unspecified atom stereocenters. The van der Waals surface area contributed by atoms with Crippen LogP contribution in [0.3, 0.4) is 0 Å². The fourth-order valence-corrected chi connectivity index (χ4v) is 1.80. The maximum atomic E-state index is 12.9. The Balaban J connectivity index is 2.35. The number of nitrogens with two attached hydrogens (primary N) is 1. The lowest BCUT2D eigenvalue weighted by molar-refractivity contribution is -0.144. The molecule has 2 aromatic rings. The van der Waals surface area contributed by atoms with Crippen LogP contribution in [0.2, 0.25) is 5.02 Å². The number of hydrogen-bond donors (Lipinski definition) is 1. The van der Waals surface area contributed by atoms with Gasteiger partial charge in [0.2, 0.25) is 0 Å². The van der Waals surface area contributed by atoms with Crippen LogP contribution in [0.5, 0.6) is 0 Å². The fraction of sp³-hybridized carbons (Fsp3) is 0.273. The van der Waals surface area contributed by atoms with Gasteiger partial charge in [0.15, 0.2) is 5.69 Å². The first-order valence-electron chi connectivity index (χ1n) is 5.36. The quantitative estimate of drug-likeness (QED) is 0.945. The highest BCUT2D eigenvalue weighted by atomic mass is 35.5. The van der Waals surface area contributed by atoms with E-state index < -0.39 is 11.9 Å². The monoisotopic (exact) mass is 290 g/mol. The Morgan fingerprint density at radius 1 is 1.21 bits per heavy atom. The Morgan fingerprint density at radius 2 is 1.84 bits per heavy atom. The van der Waals surface area contributed by atoms with Gasteiger partial charge >= 0.3 is 6.18 Å². The first kappa shape index (κ1) is 13.8. The molecule has 0 saturated carbocycles. The molecule has 8 heteroatoms. The minimum absolute atomic E-state index is 0.0426. The molecule has 1 aromatic heterocycles. The number of nitrogens with zero attached hydrogens (tertiary/aromatic N) is 3. The minimum atomic E-state index is -4.54. The van der Waals surface area contributed by atoms with Crippen LogP contribution < -0.4 is 5.73 Å². The molecule has 2 rings (SSSR count). The van der Waals surface area contributed by atoms with E-state index in [1.165, 1.54) is 0 Å². The van der Waals surface area contributed by atoms with Crippen LogP contribution >= 0.6 is 11.6 Å². The summed E-state index contributed by atoms with van der Waals surface area (Å²) in [5.74, 6) is 0. The number of aromatic nitrogens is 3. The molecular weight excluding hydrogens is 281 g/mol. The molecule has 1 aromatic carbocycles. The normalized spacial score (nSPS) is 11.8. The topological polar surface area (TPSA) is 56.7 Å². The smallest absolute Gasteiger partial charge is 0.325 e. The van der Waals surface area contributed by atoms with E-state index in [1.54, 1.807) is 24.3 Å². The molecule has 0 radical (unpaired) electrons. The van der Waals surface area contributed by atoms with Crippen molar-refractivity contribution in [3.63, 3.8) is 0 Å². The first-order chi connectivity index (χ1) is 8.91. The van der Waals surface area contributed by atoms with Crippen molar-refractivity contribution in [2.45, 2.75) is 19.3 Å². The van der Waals surface area contributed by atoms with Gasteiger partial charge in [-0.15, -0.1) is 5.10 Å². The molecule has 0 atom stereocenters. The molecule has 0 saturated heterocycles. The summed E-state index contributed by atoms with van der Waals surface area (Å²) < 4.78 is 39.6. The van der Waals surface area contributed by atoms with Crippen molar-refractivity contribution in [2.24, 2.45) is 5.73 Å². The average Bonchev–Trinajstić information content (AvgIpc) is 2.75. The average molecular weight is 291 g/mol. The van der Waals surface area contributed by atoms with Gasteiger partial charge in [0.25, 0.3) is 0 Å². The summed E-state index contributed by atoms with van der Waals surface area (Å²) in [6.07, 6.45) is -4.54. The van der Waals surface area contributed by atoms with Crippen LogP contribution in [-0.4, -0.2) is 15.0 Å². The van der Waals surface area contributed by atoms with Gasteiger partial charge in [0.05, 0.1) is 6.54 Å². The van der Waals surface area contributed by atoms with Crippen molar-refractivity contribution in [1.29, 1.82) is 0 Å². The van der Waals surface area contributed by atoms with Gasteiger partial charge in [0, 0.05) is 11.6 Å². The van der Waals surface area contributed by atoms with Gasteiger partial charge in [-0.25, -0.2) is 4.68 Å². The fourth-order valence-electron chi connectivity index (χ4n) is 1.67. The standard InChI is InChI=1S/C11H10ClF3N4/c12-8-3-1-7(2-4-8)6-19-10(11(13,14)15)9(5-16)17-18-19/h1-4H,5-6,16H2. The zero-order valence-electron chi connectivity index (χ0n) is 9.65. The minimum Gasteiger partial charge on any atom is -0.325 e. The van der Waals surface area contributed by atoms with Gasteiger partial charge in [-0.2, -0.15) is 13.2 Å². The number of halogens is 4. The molecule has 0 aliphatic rings. The third-order valence-corrected chi connectivity index (χ3v) is 2.76. The second kappa shape index (κ2) is 5.18. The summed E-state index contributed by atoms with van der Waals surface area (Å²) in [5.41, 5.74) is 4.71. The van der Waals surface area contributed by atoms with Crippen LogP contribution in [0.1, 0.15) is 17.0 Å². The third-order valence-electron chi connectivity index (χ3n) is 2.51. The number of benzene rings is 1. The van der Waals surface area contributed by atoms with Crippen LogP contribution in [0.25, 0.3) is 0 Å². The van der Waals surface area contributed by atoms with Gasteiger partial charge < -0.3 is 5.73 Å². The summed E-state index contributed by atoms with van der Waals surface area (Å²) in [6.45, 7) is -0.353. The first-order valence-corrected chi connectivity index (χ1v) is 5.73. The highest BCUT2D eigenvalue weighted by Crippen LogP contribution is 2.31. The van der Waals surface area contributed by atoms with Crippen LogP contribution in [0.15, 0.2) is 24.3 Å². The molecule has 0 spiro atoms. The van der Waals surface area contributed by atoms with Crippen LogP contribution in [0.4, 0.5) is 13.2 Å². The van der Waals surface area contributed by atoms with Gasteiger partial charge in [-0.1, -0.05) is 28.9 Å². The number of hydrogen-bond acceptors (Lipinski definition) is 3. The van der Waals surface area contributed by atoms with E-state index in [0.29, 0.717) is 10.6 Å². The Morgan fingerprint density at radius 3 is 2.37 bits per heavy atom. The van der Waals surface area contributed by atoms with E-state index >= 15 is 0 Å². The lowest BCUT2D eigenvalue weighted by Gasteiger charge is -2.10. The lowest BCUT2D eigenvalue weighted by atomic mass is 10.2. The predicted molar refractivity (Wildman–Crippen MR) is 63.5 cm³/mol. The Labute approximate surface area is 112 Å². The van der Waals surface area contributed by atoms with Crippen LogP contribution in [0, 0.1) is 0 Å². The Bertz CT molecular complexity index is 562. The van der Waals surface area contributed by atoms with Gasteiger partial charge in [-0.05, 0) is 17.7 Å². The largest absolute Gasteiger partial charge is 0.434 e. The highest BCUT2D eigenvalue weighted by Gasteiger charge is 2.38. The van der Waals surface area contributed by atoms with Gasteiger partial charge in [-0.3, -0.25) is 0 Å². The number of rotatable bonds is 3. The second-order valence-corrected chi connectivity index (χ2v) is 4.31. The molecule has 102 valence electrons. The zero-order chi connectivity index (χ0) is 14.0. The van der Waals surface area contributed by atoms with Gasteiger partial charge in [0.1, 0.15) is 5.69 Å². The molecule has 0 amide bonds. The molecular formula is C11H10ClF3N4. The summed E-state index contributed by atoms with van der Waals surface area (Å²) >= 11 is 5.71. The van der Waals surface area contributed by atoms with Crippen molar-refractivity contribution in [1.82, 2.24) is 15.0 Å². The van der Waals surface area contributed by atoms with Crippen molar-refractivity contribution < 1.29 is 13.2 Å². The van der Waals surface area contributed by atoms with E-state index in [2.05, 4.69) is 10.3 Å². The summed E-state index contributed by atoms with van der Waals surface area (Å²) in [6, 6.07) is 6.47. The SMILES string of the molecule is NCc1nnn(Cc2ccc(Cl)cc2)c1C(F)(F)F. The maximum absolute atomic E-state index is 12.9. The summed E-state index contributed by atoms with van der Waals surface area (Å²) in [7, 11) is 0. The van der Waals surface area contributed by atoms with E-state index in [-0.39, 0.29) is 18.8 Å². The van der Waals surface area contributed by atoms with Crippen molar-refractivity contribution in [2.75, 3.05) is 0 Å². The van der Waals surface area contributed by atoms with E-state index in [1.807, 2.05) is 0 Å². The molecule has 0 bridgehead atoms. The molecule has 2 N–H and O–H groups in total. The van der Waals surface area contributed by atoms with Crippen LogP contribution in [-0.2, 0) is 19.3 Å². The van der Waals surface area contributed by atoms with E-state index in [9.17, 15) is 13.2 Å². The highest BCUT2D eigenvalue weighted by molar-refractivity contribution is 6.30. The second-order valence-electron chi connectivity index (χ2n) is 3.87. The summed E-state index contributed by atoms with van der Waals surface area (Å²) in [5, 5.41) is 7.48. The predicted octanol–water partition coefficient (Wildman–Crippen LogP) is 2.46. The lowest BCUT2D eigenvalue weighted by Crippen LogP contribution is -2.18. The third kappa shape index (κ3) is 3.05. The zero-order valence-corrected chi connectivity index (χ0v) is 10.4. The molecule has 19 heavy (non-hydrogen) atoms. The molecule has 1 heterocycles. The van der Waals surface area contributed by atoms with Crippen molar-refractivity contribution in [3.05, 3.63) is 46.2 Å². The molecule has 0 aliphatic heterocycles. The Kier molecular flexibility index (Phi) is 3.77. The summed E-state index contributed by atoms with van der Waals surface area (Å²) in [4.78, 5) is 0. The number of alkyl halides is 3. The molecule has 0 fully saturated rings. The Hall–Kier alpha value is -1.60.